The zero-order valence-electron chi connectivity index (χ0n) is 9.42. The monoisotopic (exact) mass is 222 g/mol. The average Bonchev–Trinajstić information content (AvgIpc) is 2.70. The van der Waals surface area contributed by atoms with Crippen molar-refractivity contribution in [3.05, 3.63) is 21.9 Å². The van der Waals surface area contributed by atoms with Crippen LogP contribution >= 0.6 is 11.3 Å². The van der Waals surface area contributed by atoms with Crippen molar-refractivity contribution in [2.75, 3.05) is 19.6 Å². The van der Waals surface area contributed by atoms with Crippen LogP contribution in [0.25, 0.3) is 0 Å². The first-order valence-electron chi connectivity index (χ1n) is 5.29. The van der Waals surface area contributed by atoms with E-state index in [0.717, 1.165) is 25.2 Å². The highest BCUT2D eigenvalue weighted by Gasteiger charge is 2.05. The van der Waals surface area contributed by atoms with Crippen LogP contribution in [0.1, 0.15) is 24.3 Å². The van der Waals surface area contributed by atoms with Crippen LogP contribution in [0, 0.1) is 11.8 Å². The summed E-state index contributed by atoms with van der Waals surface area (Å²) in [7, 11) is 0. The first-order chi connectivity index (χ1) is 7.31. The molecule has 0 saturated heterocycles. The summed E-state index contributed by atoms with van der Waals surface area (Å²) in [6.07, 6.45) is 0. The normalized spacial score (nSPS) is 10.1. The van der Waals surface area contributed by atoms with Gasteiger partial charge in [0.2, 0.25) is 0 Å². The van der Waals surface area contributed by atoms with Crippen LogP contribution in [0.4, 0.5) is 0 Å². The Kier molecular flexibility index (Phi) is 5.41. The molecule has 1 heterocycles. The molecule has 82 valence electrons. The molecule has 0 bridgehead atoms. The zero-order valence-corrected chi connectivity index (χ0v) is 10.2. The molecule has 0 aromatic carbocycles. The maximum absolute atomic E-state index is 5.37. The number of nitrogens with two attached hydrogens (primary N) is 1. The van der Waals surface area contributed by atoms with E-state index in [2.05, 4.69) is 42.0 Å². The van der Waals surface area contributed by atoms with Gasteiger partial charge in [-0.2, -0.15) is 0 Å². The summed E-state index contributed by atoms with van der Waals surface area (Å²) in [4.78, 5) is 3.74. The largest absolute Gasteiger partial charge is 0.320 e. The lowest BCUT2D eigenvalue weighted by atomic mass is 10.2. The summed E-state index contributed by atoms with van der Waals surface area (Å²) in [5.41, 5.74) is 6.50. The molecule has 0 aliphatic carbocycles. The number of thiophene rings is 1. The second-order valence-electron chi connectivity index (χ2n) is 3.22. The van der Waals surface area contributed by atoms with Gasteiger partial charge in [0.05, 0.1) is 6.54 Å². The van der Waals surface area contributed by atoms with Crippen molar-refractivity contribution in [2.45, 2.75) is 20.4 Å². The van der Waals surface area contributed by atoms with E-state index in [4.69, 9.17) is 5.73 Å². The third-order valence-electron chi connectivity index (χ3n) is 2.33. The van der Waals surface area contributed by atoms with Gasteiger partial charge in [-0.05, 0) is 24.5 Å². The average molecular weight is 222 g/mol. The summed E-state index contributed by atoms with van der Waals surface area (Å²) >= 11 is 1.77. The van der Waals surface area contributed by atoms with Gasteiger partial charge in [-0.25, -0.2) is 0 Å². The fraction of sp³-hybridized carbons (Fsp3) is 0.500. The van der Waals surface area contributed by atoms with Crippen molar-refractivity contribution >= 4 is 11.3 Å². The highest BCUT2D eigenvalue weighted by molar-refractivity contribution is 7.10. The summed E-state index contributed by atoms with van der Waals surface area (Å²) in [6.45, 7) is 7.96. The van der Waals surface area contributed by atoms with Gasteiger partial charge in [0.25, 0.3) is 0 Å². The van der Waals surface area contributed by atoms with Gasteiger partial charge in [0.15, 0.2) is 0 Å². The second-order valence-corrected chi connectivity index (χ2v) is 4.23. The minimum Gasteiger partial charge on any atom is -0.320 e. The molecular formula is C12H18N2S. The lowest BCUT2D eigenvalue weighted by Crippen LogP contribution is -2.21. The number of hydrogen-bond acceptors (Lipinski definition) is 3. The molecule has 1 rings (SSSR count). The van der Waals surface area contributed by atoms with Crippen molar-refractivity contribution in [1.29, 1.82) is 0 Å². The van der Waals surface area contributed by atoms with E-state index in [9.17, 15) is 0 Å². The van der Waals surface area contributed by atoms with Crippen LogP contribution in [0.2, 0.25) is 0 Å². The Morgan fingerprint density at radius 1 is 1.40 bits per heavy atom. The van der Waals surface area contributed by atoms with Gasteiger partial charge >= 0.3 is 0 Å². The molecule has 1 aromatic heterocycles. The summed E-state index contributed by atoms with van der Waals surface area (Å²) in [6, 6.07) is 2.08. The molecule has 2 nitrogen and oxygen atoms in total. The molecule has 0 unspecified atom stereocenters. The van der Waals surface area contributed by atoms with E-state index >= 15 is 0 Å². The van der Waals surface area contributed by atoms with E-state index in [0.29, 0.717) is 6.54 Å². The van der Waals surface area contributed by atoms with E-state index in [1.54, 1.807) is 11.3 Å². The Morgan fingerprint density at radius 2 is 2.13 bits per heavy atom. The fourth-order valence-corrected chi connectivity index (χ4v) is 2.24. The van der Waals surface area contributed by atoms with Crippen LogP contribution in [-0.4, -0.2) is 24.5 Å². The van der Waals surface area contributed by atoms with Crippen molar-refractivity contribution in [3.63, 3.8) is 0 Å². The van der Waals surface area contributed by atoms with Crippen LogP contribution in [0.15, 0.2) is 11.4 Å². The molecule has 3 heteroatoms. The van der Waals surface area contributed by atoms with Crippen LogP contribution in [0.5, 0.6) is 0 Å². The van der Waals surface area contributed by atoms with Crippen molar-refractivity contribution in [1.82, 2.24) is 4.90 Å². The van der Waals surface area contributed by atoms with Crippen LogP contribution in [0.3, 0.4) is 0 Å². The highest BCUT2D eigenvalue weighted by atomic mass is 32.1. The Bertz CT molecular complexity index is 342. The Balaban J connectivity index is 2.72. The van der Waals surface area contributed by atoms with Crippen LogP contribution < -0.4 is 5.73 Å². The smallest absolute Gasteiger partial charge is 0.0555 e. The molecule has 0 saturated carbocycles. The molecule has 0 spiro atoms. The molecular weight excluding hydrogens is 204 g/mol. The molecule has 15 heavy (non-hydrogen) atoms. The molecule has 0 atom stereocenters. The molecule has 2 N–H and O–H groups in total. The molecule has 0 radical (unpaired) electrons. The van der Waals surface area contributed by atoms with E-state index < -0.39 is 0 Å². The highest BCUT2D eigenvalue weighted by Crippen LogP contribution is 2.17. The van der Waals surface area contributed by atoms with Crippen molar-refractivity contribution in [2.24, 2.45) is 5.73 Å². The second kappa shape index (κ2) is 6.62. The summed E-state index contributed by atoms with van der Waals surface area (Å²) in [5, 5.41) is 2.10. The van der Waals surface area contributed by atoms with E-state index in [-0.39, 0.29) is 0 Å². The lowest BCUT2D eigenvalue weighted by molar-refractivity contribution is 0.298. The summed E-state index contributed by atoms with van der Waals surface area (Å²) in [5.74, 6) is 6.02. The van der Waals surface area contributed by atoms with Gasteiger partial charge in [0, 0.05) is 17.0 Å². The van der Waals surface area contributed by atoms with Gasteiger partial charge < -0.3 is 5.73 Å². The first kappa shape index (κ1) is 12.3. The van der Waals surface area contributed by atoms with Gasteiger partial charge in [-0.3, -0.25) is 4.90 Å². The quantitative estimate of drug-likeness (QED) is 0.788. The maximum Gasteiger partial charge on any atom is 0.0555 e. The van der Waals surface area contributed by atoms with E-state index in [1.165, 1.54) is 4.88 Å². The number of hydrogen-bond donors (Lipinski definition) is 1. The molecule has 0 fully saturated rings. The topological polar surface area (TPSA) is 29.3 Å². The van der Waals surface area contributed by atoms with E-state index in [1.807, 2.05) is 0 Å². The third-order valence-corrected chi connectivity index (χ3v) is 3.24. The van der Waals surface area contributed by atoms with Gasteiger partial charge in [0.1, 0.15) is 0 Å². The predicted octanol–water partition coefficient (Wildman–Crippen LogP) is 1.90. The molecule has 0 amide bonds. The lowest BCUT2D eigenvalue weighted by Gasteiger charge is -2.16. The minimum atomic E-state index is 0.431. The maximum atomic E-state index is 5.37. The first-order valence-corrected chi connectivity index (χ1v) is 6.17. The number of nitrogens with zero attached hydrogens (tertiary/aromatic N) is 1. The minimum absolute atomic E-state index is 0.431. The molecule has 1 aromatic rings. The van der Waals surface area contributed by atoms with Crippen molar-refractivity contribution < 1.29 is 0 Å². The Morgan fingerprint density at radius 3 is 2.73 bits per heavy atom. The number of rotatable bonds is 4. The molecule has 0 aliphatic heterocycles. The SMILES string of the molecule is CCN(CC)Cc1sccc1C#CCN. The van der Waals surface area contributed by atoms with Gasteiger partial charge in [-0.15, -0.1) is 11.3 Å². The van der Waals surface area contributed by atoms with Crippen molar-refractivity contribution in [3.8, 4) is 11.8 Å². The predicted molar refractivity (Wildman–Crippen MR) is 66.9 cm³/mol. The van der Waals surface area contributed by atoms with Gasteiger partial charge in [-0.1, -0.05) is 25.7 Å². The Hall–Kier alpha value is -0.820. The molecule has 0 aliphatic rings. The Labute approximate surface area is 96.1 Å². The third kappa shape index (κ3) is 3.67. The standard InChI is InChI=1S/C12H18N2S/c1-3-14(4-2)10-12-11(6-5-8-13)7-9-15-12/h7,9H,3-4,8,10,13H2,1-2H3. The van der Waals surface area contributed by atoms with Crippen LogP contribution in [-0.2, 0) is 6.54 Å². The fourth-order valence-electron chi connectivity index (χ4n) is 1.37. The zero-order chi connectivity index (χ0) is 11.1. The summed E-state index contributed by atoms with van der Waals surface area (Å²) < 4.78 is 0.